The number of hydrogen-bond donors (Lipinski definition) is 0. The molecule has 0 aromatic carbocycles. The molecule has 0 aliphatic heterocycles. The first-order valence-electron chi connectivity index (χ1n) is 6.10. The molecule has 1 heteroatoms. The molecule has 0 aromatic heterocycles. The van der Waals surface area contributed by atoms with Crippen LogP contribution in [0.25, 0.3) is 0 Å². The van der Waals surface area contributed by atoms with Crippen LogP contribution in [0.5, 0.6) is 0 Å². The second kappa shape index (κ2) is 5.53. The lowest BCUT2D eigenvalue weighted by molar-refractivity contribution is -0.118. The van der Waals surface area contributed by atoms with Gasteiger partial charge in [-0.25, -0.2) is 0 Å². The molecule has 0 spiro atoms. The Morgan fingerprint density at radius 2 is 1.79 bits per heavy atom. The summed E-state index contributed by atoms with van der Waals surface area (Å²) in [5.41, 5.74) is 0. The minimum atomic E-state index is 0.370. The summed E-state index contributed by atoms with van der Waals surface area (Å²) in [6, 6.07) is 0. The van der Waals surface area contributed by atoms with Crippen LogP contribution < -0.4 is 0 Å². The van der Waals surface area contributed by atoms with Crippen molar-refractivity contribution in [3.8, 4) is 0 Å². The summed E-state index contributed by atoms with van der Waals surface area (Å²) in [6.07, 6.45) is 7.69. The molecule has 82 valence electrons. The lowest BCUT2D eigenvalue weighted by Crippen LogP contribution is -2.24. The fourth-order valence-corrected chi connectivity index (χ4v) is 2.84. The number of carbonyl (C=O) groups is 1. The van der Waals surface area contributed by atoms with Gasteiger partial charge >= 0.3 is 0 Å². The van der Waals surface area contributed by atoms with Crippen molar-refractivity contribution in [3.05, 3.63) is 0 Å². The van der Waals surface area contributed by atoms with Crippen LogP contribution in [-0.4, -0.2) is 5.78 Å². The second-order valence-electron chi connectivity index (χ2n) is 5.21. The van der Waals surface area contributed by atoms with E-state index in [2.05, 4.69) is 13.8 Å². The van der Waals surface area contributed by atoms with E-state index in [1.54, 1.807) is 6.92 Å². The van der Waals surface area contributed by atoms with Crippen LogP contribution in [0.1, 0.15) is 59.3 Å². The van der Waals surface area contributed by atoms with Gasteiger partial charge < -0.3 is 4.79 Å². The van der Waals surface area contributed by atoms with Gasteiger partial charge in [0.05, 0.1) is 0 Å². The van der Waals surface area contributed by atoms with Gasteiger partial charge in [0.1, 0.15) is 5.78 Å². The summed E-state index contributed by atoms with van der Waals surface area (Å²) in [7, 11) is 0. The number of hydrogen-bond acceptors (Lipinski definition) is 1. The second-order valence-corrected chi connectivity index (χ2v) is 5.21. The Morgan fingerprint density at radius 1 is 1.21 bits per heavy atom. The Kier molecular flexibility index (Phi) is 4.64. The highest BCUT2D eigenvalue weighted by Crippen LogP contribution is 2.35. The Balaban J connectivity index is 2.51. The van der Waals surface area contributed by atoms with Crippen molar-refractivity contribution >= 4 is 5.78 Å². The molecule has 1 atom stereocenters. The maximum atomic E-state index is 11.2. The number of carbonyl (C=O) groups excluding carboxylic acids is 1. The number of rotatable bonds is 4. The van der Waals surface area contributed by atoms with E-state index < -0.39 is 0 Å². The highest BCUT2D eigenvalue weighted by atomic mass is 16.1. The molecule has 1 saturated carbocycles. The Labute approximate surface area is 88.3 Å². The highest BCUT2D eigenvalue weighted by Gasteiger charge is 2.26. The predicted molar refractivity (Wildman–Crippen MR) is 60.2 cm³/mol. The molecule has 0 saturated heterocycles. The van der Waals surface area contributed by atoms with Crippen molar-refractivity contribution in [2.75, 3.05) is 0 Å². The third-order valence-corrected chi connectivity index (χ3v) is 3.63. The SMILES string of the molecule is CC(=O)CC(C(C)C)C1CCCCC1. The number of ketones is 1. The predicted octanol–water partition coefficient (Wildman–Crippen LogP) is 3.82. The normalized spacial score (nSPS) is 21.1. The third-order valence-electron chi connectivity index (χ3n) is 3.63. The molecule has 1 unspecified atom stereocenters. The molecule has 0 bridgehead atoms. The first-order valence-corrected chi connectivity index (χ1v) is 6.10. The quantitative estimate of drug-likeness (QED) is 0.668. The van der Waals surface area contributed by atoms with E-state index in [4.69, 9.17) is 0 Å². The minimum Gasteiger partial charge on any atom is -0.300 e. The fourth-order valence-electron chi connectivity index (χ4n) is 2.84. The zero-order chi connectivity index (χ0) is 10.6. The van der Waals surface area contributed by atoms with E-state index in [1.165, 1.54) is 32.1 Å². The molecule has 0 heterocycles. The van der Waals surface area contributed by atoms with Gasteiger partial charge in [0.25, 0.3) is 0 Å². The molecule has 0 amide bonds. The van der Waals surface area contributed by atoms with E-state index in [9.17, 15) is 4.79 Å². The fraction of sp³-hybridized carbons (Fsp3) is 0.923. The molecule has 1 rings (SSSR count). The van der Waals surface area contributed by atoms with Crippen LogP contribution in [0.15, 0.2) is 0 Å². The number of Topliss-reactive ketones (excluding diaryl/α,β-unsaturated/α-hetero) is 1. The van der Waals surface area contributed by atoms with E-state index in [1.807, 2.05) is 0 Å². The van der Waals surface area contributed by atoms with Gasteiger partial charge in [-0.1, -0.05) is 46.0 Å². The van der Waals surface area contributed by atoms with Gasteiger partial charge in [0, 0.05) is 6.42 Å². The van der Waals surface area contributed by atoms with Crippen LogP contribution >= 0.6 is 0 Å². The zero-order valence-electron chi connectivity index (χ0n) is 9.88. The van der Waals surface area contributed by atoms with E-state index in [-0.39, 0.29) is 0 Å². The Bertz CT molecular complexity index is 178. The maximum absolute atomic E-state index is 11.2. The van der Waals surface area contributed by atoms with Crippen LogP contribution in [0.4, 0.5) is 0 Å². The minimum absolute atomic E-state index is 0.370. The Morgan fingerprint density at radius 3 is 2.21 bits per heavy atom. The van der Waals surface area contributed by atoms with Crippen LogP contribution in [0.2, 0.25) is 0 Å². The van der Waals surface area contributed by atoms with Crippen LogP contribution in [0.3, 0.4) is 0 Å². The van der Waals surface area contributed by atoms with Crippen molar-refractivity contribution < 1.29 is 4.79 Å². The van der Waals surface area contributed by atoms with Gasteiger partial charge in [-0.2, -0.15) is 0 Å². The van der Waals surface area contributed by atoms with Gasteiger partial charge in [-0.3, -0.25) is 0 Å². The molecule has 1 nitrogen and oxygen atoms in total. The molecule has 14 heavy (non-hydrogen) atoms. The van der Waals surface area contributed by atoms with Gasteiger partial charge in [0.2, 0.25) is 0 Å². The van der Waals surface area contributed by atoms with Crippen molar-refractivity contribution in [1.82, 2.24) is 0 Å². The summed E-state index contributed by atoms with van der Waals surface area (Å²) in [5.74, 6) is 2.51. The highest BCUT2D eigenvalue weighted by molar-refractivity contribution is 5.75. The smallest absolute Gasteiger partial charge is 0.130 e. The summed E-state index contributed by atoms with van der Waals surface area (Å²) >= 11 is 0. The van der Waals surface area contributed by atoms with Crippen LogP contribution in [-0.2, 0) is 4.79 Å². The van der Waals surface area contributed by atoms with Crippen molar-refractivity contribution in [2.45, 2.75) is 59.3 Å². The topological polar surface area (TPSA) is 17.1 Å². The molecular weight excluding hydrogens is 172 g/mol. The summed E-state index contributed by atoms with van der Waals surface area (Å²) in [5, 5.41) is 0. The molecule has 1 aliphatic rings. The van der Waals surface area contributed by atoms with Crippen LogP contribution in [0, 0.1) is 17.8 Å². The average molecular weight is 196 g/mol. The molecule has 0 radical (unpaired) electrons. The standard InChI is InChI=1S/C13H24O/c1-10(2)13(9-11(3)14)12-7-5-4-6-8-12/h10,12-13H,4-9H2,1-3H3. The average Bonchev–Trinajstić information content (AvgIpc) is 2.15. The van der Waals surface area contributed by atoms with Gasteiger partial charge in [0.15, 0.2) is 0 Å². The summed E-state index contributed by atoms with van der Waals surface area (Å²) in [6.45, 7) is 6.27. The largest absolute Gasteiger partial charge is 0.300 e. The first kappa shape index (κ1) is 11.7. The summed E-state index contributed by atoms with van der Waals surface area (Å²) in [4.78, 5) is 11.2. The van der Waals surface area contributed by atoms with Crippen molar-refractivity contribution in [3.63, 3.8) is 0 Å². The molecule has 0 aromatic rings. The molecule has 1 fully saturated rings. The van der Waals surface area contributed by atoms with E-state index >= 15 is 0 Å². The lowest BCUT2D eigenvalue weighted by atomic mass is 9.73. The van der Waals surface area contributed by atoms with E-state index in [0.717, 1.165) is 12.3 Å². The third kappa shape index (κ3) is 3.43. The van der Waals surface area contributed by atoms with E-state index in [0.29, 0.717) is 17.6 Å². The molecule has 0 N–H and O–H groups in total. The van der Waals surface area contributed by atoms with Gasteiger partial charge in [-0.15, -0.1) is 0 Å². The Hall–Kier alpha value is -0.330. The molecular formula is C13H24O. The zero-order valence-corrected chi connectivity index (χ0v) is 9.88. The first-order chi connectivity index (χ1) is 6.61. The molecule has 1 aliphatic carbocycles. The van der Waals surface area contributed by atoms with Gasteiger partial charge in [-0.05, 0) is 24.7 Å². The summed E-state index contributed by atoms with van der Waals surface area (Å²) < 4.78 is 0. The lowest BCUT2D eigenvalue weighted by Gasteiger charge is -2.32. The van der Waals surface area contributed by atoms with Crippen molar-refractivity contribution in [2.24, 2.45) is 17.8 Å². The maximum Gasteiger partial charge on any atom is 0.130 e. The van der Waals surface area contributed by atoms with Crippen molar-refractivity contribution in [1.29, 1.82) is 0 Å². The monoisotopic (exact) mass is 196 g/mol.